The molecule has 2 heterocycles. The molecule has 2 unspecified atom stereocenters. The van der Waals surface area contributed by atoms with Crippen molar-refractivity contribution < 1.29 is 23.0 Å². The molecule has 0 aromatic carbocycles. The number of alkyl halides is 2. The highest BCUT2D eigenvalue weighted by atomic mass is 19.3. The fourth-order valence-electron chi connectivity index (χ4n) is 1.89. The van der Waals surface area contributed by atoms with Crippen LogP contribution in [0.3, 0.4) is 0 Å². The van der Waals surface area contributed by atoms with Crippen LogP contribution in [0, 0.1) is 11.8 Å². The van der Waals surface area contributed by atoms with E-state index in [0.717, 1.165) is 0 Å². The van der Waals surface area contributed by atoms with Gasteiger partial charge in [0.05, 0.1) is 6.42 Å². The Morgan fingerprint density at radius 1 is 1.62 bits per heavy atom. The lowest BCUT2D eigenvalue weighted by Crippen LogP contribution is -2.56. The van der Waals surface area contributed by atoms with Crippen LogP contribution in [0.4, 0.5) is 13.6 Å². The van der Waals surface area contributed by atoms with E-state index in [1.165, 1.54) is 0 Å². The molecule has 0 aromatic rings. The van der Waals surface area contributed by atoms with Crippen LogP contribution in [-0.4, -0.2) is 42.9 Å². The topological polar surface area (TPSA) is 38.8 Å². The van der Waals surface area contributed by atoms with Gasteiger partial charge < -0.3 is 9.47 Å². The van der Waals surface area contributed by atoms with Crippen molar-refractivity contribution in [3.8, 4) is 11.8 Å². The summed E-state index contributed by atoms with van der Waals surface area (Å²) in [6.45, 7) is 0.593. The number of rotatable bonds is 0. The number of nitrogens with zero attached hydrogens (tertiary/aromatic N) is 1. The predicted molar refractivity (Wildman–Crippen MR) is 49.7 cm³/mol. The molecule has 0 N–H and O–H groups in total. The monoisotopic (exact) mass is 231 g/mol. The summed E-state index contributed by atoms with van der Waals surface area (Å²) >= 11 is 0. The van der Waals surface area contributed by atoms with Gasteiger partial charge in [-0.25, -0.2) is 4.79 Å². The van der Waals surface area contributed by atoms with Crippen LogP contribution in [0.25, 0.3) is 0 Å². The molecule has 2 rings (SSSR count). The third-order valence-electron chi connectivity index (χ3n) is 2.78. The normalized spacial score (nSPS) is 33.8. The maximum absolute atomic E-state index is 12.0. The van der Waals surface area contributed by atoms with E-state index in [2.05, 4.69) is 5.92 Å². The summed E-state index contributed by atoms with van der Waals surface area (Å²) in [4.78, 5) is 13.0. The van der Waals surface area contributed by atoms with Crippen LogP contribution in [0.15, 0.2) is 0 Å². The molecule has 2 aliphatic heterocycles. The van der Waals surface area contributed by atoms with E-state index < -0.39 is 24.4 Å². The number of halogens is 2. The van der Waals surface area contributed by atoms with Gasteiger partial charge in [-0.2, -0.15) is 8.78 Å². The molecular formula is C10H11F2NO3. The first kappa shape index (κ1) is 11.1. The molecule has 4 nitrogen and oxygen atoms in total. The summed E-state index contributed by atoms with van der Waals surface area (Å²) in [7, 11) is 1.80. The van der Waals surface area contributed by atoms with E-state index in [0.29, 0.717) is 19.4 Å². The highest BCUT2D eigenvalue weighted by molar-refractivity contribution is 5.62. The molecule has 2 bridgehead atoms. The van der Waals surface area contributed by atoms with Crippen molar-refractivity contribution in [1.82, 2.24) is 4.90 Å². The minimum atomic E-state index is -2.71. The molecule has 0 amide bonds. The van der Waals surface area contributed by atoms with E-state index in [1.807, 2.05) is 4.90 Å². The van der Waals surface area contributed by atoms with E-state index in [4.69, 9.17) is 9.47 Å². The molecule has 0 aliphatic carbocycles. The van der Waals surface area contributed by atoms with Crippen LogP contribution in [0.5, 0.6) is 0 Å². The third kappa shape index (κ3) is 2.09. The van der Waals surface area contributed by atoms with Gasteiger partial charge in [-0.15, -0.1) is 0 Å². The van der Waals surface area contributed by atoms with Crippen LogP contribution < -0.4 is 0 Å². The Kier molecular flexibility index (Phi) is 2.72. The van der Waals surface area contributed by atoms with Crippen LogP contribution in [0.2, 0.25) is 0 Å². The highest BCUT2D eigenvalue weighted by Gasteiger charge is 2.47. The van der Waals surface area contributed by atoms with Gasteiger partial charge >= 0.3 is 6.16 Å². The van der Waals surface area contributed by atoms with E-state index in [1.54, 1.807) is 13.0 Å². The number of carbonyl (C=O) groups is 1. The minimum absolute atomic E-state index is 0.314. The molecule has 2 aliphatic rings. The number of hydrogen-bond acceptors (Lipinski definition) is 4. The van der Waals surface area contributed by atoms with Crippen LogP contribution in [-0.2, 0) is 9.47 Å². The van der Waals surface area contributed by atoms with Gasteiger partial charge in [-0.05, 0) is 18.9 Å². The van der Waals surface area contributed by atoms with Gasteiger partial charge in [-0.1, -0.05) is 0 Å². The standard InChI is InChI=1S/C10H11F2NO3/c1-13-5-4-10(3-2-7(11)12)6-8(13)15-9(14)16-10/h7-8H,4-6H2,1H3. The summed E-state index contributed by atoms with van der Waals surface area (Å²) < 4.78 is 33.9. The van der Waals surface area contributed by atoms with Gasteiger partial charge in [0.15, 0.2) is 11.8 Å². The Morgan fingerprint density at radius 3 is 3.06 bits per heavy atom. The lowest BCUT2D eigenvalue weighted by molar-refractivity contribution is -0.162. The third-order valence-corrected chi connectivity index (χ3v) is 2.78. The molecule has 0 saturated carbocycles. The quantitative estimate of drug-likeness (QED) is 0.464. The van der Waals surface area contributed by atoms with Crippen molar-refractivity contribution in [1.29, 1.82) is 0 Å². The van der Waals surface area contributed by atoms with Crippen molar-refractivity contribution in [2.24, 2.45) is 0 Å². The summed E-state index contributed by atoms with van der Waals surface area (Å²) in [5, 5.41) is 0. The summed E-state index contributed by atoms with van der Waals surface area (Å²) in [5.41, 5.74) is -1.09. The molecule has 0 spiro atoms. The average molecular weight is 231 g/mol. The Labute approximate surface area is 91.5 Å². The number of likely N-dealkylation sites (tertiary alicyclic amines) is 1. The number of piperidine rings is 1. The minimum Gasteiger partial charge on any atom is -0.415 e. The van der Waals surface area contributed by atoms with Crippen molar-refractivity contribution in [3.05, 3.63) is 0 Å². The second-order valence-electron chi connectivity index (χ2n) is 3.92. The van der Waals surface area contributed by atoms with Crippen molar-refractivity contribution in [3.63, 3.8) is 0 Å². The molecule has 6 heteroatoms. The number of carbonyl (C=O) groups excluding carboxylic acids is 1. The average Bonchev–Trinajstić information content (AvgIpc) is 2.21. The molecule has 88 valence electrons. The van der Waals surface area contributed by atoms with Crippen molar-refractivity contribution >= 4 is 6.16 Å². The Balaban J connectivity index is 2.20. The Morgan fingerprint density at radius 2 is 2.38 bits per heavy atom. The van der Waals surface area contributed by atoms with Gasteiger partial charge in [0, 0.05) is 13.0 Å². The van der Waals surface area contributed by atoms with Crippen LogP contribution in [0.1, 0.15) is 12.8 Å². The predicted octanol–water partition coefficient (Wildman–Crippen LogP) is 1.21. The zero-order chi connectivity index (χ0) is 11.8. The first-order valence-electron chi connectivity index (χ1n) is 4.91. The van der Waals surface area contributed by atoms with Crippen molar-refractivity contribution in [2.45, 2.75) is 31.1 Å². The zero-order valence-electron chi connectivity index (χ0n) is 8.70. The molecule has 16 heavy (non-hydrogen) atoms. The number of ether oxygens (including phenoxy) is 2. The van der Waals surface area contributed by atoms with Crippen LogP contribution >= 0.6 is 0 Å². The number of hydrogen-bond donors (Lipinski definition) is 0. The zero-order valence-corrected chi connectivity index (χ0v) is 8.70. The van der Waals surface area contributed by atoms with E-state index in [-0.39, 0.29) is 0 Å². The molecule has 2 saturated heterocycles. The maximum atomic E-state index is 12.0. The molecule has 2 atom stereocenters. The largest absolute Gasteiger partial charge is 0.511 e. The van der Waals surface area contributed by atoms with Gasteiger partial charge in [0.1, 0.15) is 0 Å². The summed E-state index contributed by atoms with van der Waals surface area (Å²) in [6.07, 6.45) is -3.24. The molecular weight excluding hydrogens is 220 g/mol. The van der Waals surface area contributed by atoms with Gasteiger partial charge in [0.2, 0.25) is 0 Å². The smallest absolute Gasteiger partial charge is 0.415 e. The summed E-state index contributed by atoms with van der Waals surface area (Å²) in [6, 6.07) is 0. The molecule has 0 aromatic heterocycles. The van der Waals surface area contributed by atoms with E-state index >= 15 is 0 Å². The first-order valence-corrected chi connectivity index (χ1v) is 4.91. The lowest BCUT2D eigenvalue weighted by Gasteiger charge is -2.44. The lowest BCUT2D eigenvalue weighted by atomic mass is 9.90. The highest BCUT2D eigenvalue weighted by Crippen LogP contribution is 2.34. The summed E-state index contributed by atoms with van der Waals surface area (Å²) in [5.74, 6) is 4.13. The second-order valence-corrected chi connectivity index (χ2v) is 3.92. The van der Waals surface area contributed by atoms with Gasteiger partial charge in [-0.3, -0.25) is 4.90 Å². The van der Waals surface area contributed by atoms with Crippen molar-refractivity contribution in [2.75, 3.05) is 13.6 Å². The first-order chi connectivity index (χ1) is 7.51. The second kappa shape index (κ2) is 3.91. The van der Waals surface area contributed by atoms with Gasteiger partial charge in [0.25, 0.3) is 6.43 Å². The SMILES string of the molecule is CN1CCC2(C#CC(F)F)CC1OC(=O)O2. The Bertz CT molecular complexity index is 363. The number of fused-ring (bicyclic) bond motifs is 2. The molecule has 2 fully saturated rings. The molecule has 0 radical (unpaired) electrons. The Hall–Kier alpha value is -1.35. The maximum Gasteiger partial charge on any atom is 0.511 e. The fraction of sp³-hybridized carbons (Fsp3) is 0.700. The fourth-order valence-corrected chi connectivity index (χ4v) is 1.89. The van der Waals surface area contributed by atoms with E-state index in [9.17, 15) is 13.6 Å².